The predicted molar refractivity (Wildman–Crippen MR) is 89.5 cm³/mol. The molecule has 0 aromatic heterocycles. The van der Waals surface area contributed by atoms with E-state index in [0.29, 0.717) is 45.6 Å². The van der Waals surface area contributed by atoms with E-state index in [0.717, 1.165) is 25.9 Å². The second-order valence-electron chi connectivity index (χ2n) is 7.26. The van der Waals surface area contributed by atoms with Crippen molar-refractivity contribution in [3.8, 4) is 6.07 Å². The summed E-state index contributed by atoms with van der Waals surface area (Å²) in [5.74, 6) is 0.107. The minimum Gasteiger partial charge on any atom is -0.342 e. The Balaban J connectivity index is 1.47. The topological polar surface area (TPSA) is 84.7 Å². The van der Waals surface area contributed by atoms with Crippen molar-refractivity contribution in [1.82, 2.24) is 14.1 Å². The highest BCUT2D eigenvalue weighted by Crippen LogP contribution is 2.46. The van der Waals surface area contributed by atoms with Crippen LogP contribution in [-0.2, 0) is 14.8 Å². The molecular formula is C16H26N4O3S. The third-order valence-corrected chi connectivity index (χ3v) is 7.41. The zero-order chi connectivity index (χ0) is 17.2. The maximum atomic E-state index is 12.5. The molecule has 3 rings (SSSR count). The Bertz CT molecular complexity index is 610. The van der Waals surface area contributed by atoms with E-state index in [1.807, 2.05) is 9.80 Å². The van der Waals surface area contributed by atoms with Gasteiger partial charge >= 0.3 is 0 Å². The largest absolute Gasteiger partial charge is 0.342 e. The summed E-state index contributed by atoms with van der Waals surface area (Å²) in [5.41, 5.74) is -0.639. The summed E-state index contributed by atoms with van der Waals surface area (Å²) in [6.07, 6.45) is 4.74. The number of nitrogens with zero attached hydrogens (tertiary/aromatic N) is 4. The van der Waals surface area contributed by atoms with E-state index in [2.05, 4.69) is 6.07 Å². The van der Waals surface area contributed by atoms with Crippen LogP contribution in [-0.4, -0.2) is 80.0 Å². The molecule has 0 aromatic rings. The average Bonchev–Trinajstić information content (AvgIpc) is 3.35. The molecule has 0 N–H and O–H groups in total. The summed E-state index contributed by atoms with van der Waals surface area (Å²) in [6.45, 7) is 4.08. The highest BCUT2D eigenvalue weighted by Gasteiger charge is 2.48. The van der Waals surface area contributed by atoms with Gasteiger partial charge in [0.2, 0.25) is 15.9 Å². The minimum absolute atomic E-state index is 0.0524. The number of likely N-dealkylation sites (tertiary alicyclic amines) is 1. The molecule has 0 radical (unpaired) electrons. The van der Waals surface area contributed by atoms with Crippen molar-refractivity contribution in [2.45, 2.75) is 32.1 Å². The first-order valence-electron chi connectivity index (χ1n) is 8.83. The van der Waals surface area contributed by atoms with Crippen molar-refractivity contribution in [3.63, 3.8) is 0 Å². The lowest BCUT2D eigenvalue weighted by atomic mass is 10.1. The number of nitriles is 1. The molecular weight excluding hydrogens is 328 g/mol. The number of hydrogen-bond donors (Lipinski definition) is 0. The smallest absolute Gasteiger partial charge is 0.236 e. The van der Waals surface area contributed by atoms with E-state index in [1.54, 1.807) is 0 Å². The van der Waals surface area contributed by atoms with Gasteiger partial charge in [-0.05, 0) is 32.1 Å². The molecule has 3 fully saturated rings. The van der Waals surface area contributed by atoms with E-state index in [-0.39, 0.29) is 11.7 Å². The Morgan fingerprint density at radius 3 is 2.17 bits per heavy atom. The average molecular weight is 354 g/mol. The molecule has 134 valence electrons. The lowest BCUT2D eigenvalue weighted by molar-refractivity contribution is -0.133. The van der Waals surface area contributed by atoms with Gasteiger partial charge in [-0.1, -0.05) is 0 Å². The van der Waals surface area contributed by atoms with Gasteiger partial charge < -0.3 is 4.90 Å². The standard InChI is InChI=1S/C16H26N4O3S/c17-13-16(4-5-16)14-24(22,23)20-10-8-18(9-11-20)12-15(21)19-6-2-1-3-7-19/h1-12,14H2. The first-order chi connectivity index (χ1) is 11.4. The highest BCUT2D eigenvalue weighted by atomic mass is 32.2. The zero-order valence-corrected chi connectivity index (χ0v) is 14.9. The Morgan fingerprint density at radius 2 is 1.62 bits per heavy atom. The molecule has 1 aliphatic carbocycles. The number of piperazine rings is 1. The third kappa shape index (κ3) is 4.08. The Morgan fingerprint density at radius 1 is 1.00 bits per heavy atom. The predicted octanol–water partition coefficient (Wildman–Crippen LogP) is 0.250. The van der Waals surface area contributed by atoms with Gasteiger partial charge in [-0.25, -0.2) is 8.42 Å². The van der Waals surface area contributed by atoms with Crippen LogP contribution in [0, 0.1) is 16.7 Å². The van der Waals surface area contributed by atoms with Crippen LogP contribution in [0.2, 0.25) is 0 Å². The van der Waals surface area contributed by atoms with Crippen LogP contribution in [0.4, 0.5) is 0 Å². The van der Waals surface area contributed by atoms with E-state index in [1.165, 1.54) is 10.7 Å². The monoisotopic (exact) mass is 354 g/mol. The summed E-state index contributed by atoms with van der Waals surface area (Å²) in [5, 5.41) is 9.10. The second-order valence-corrected chi connectivity index (χ2v) is 9.23. The fourth-order valence-electron chi connectivity index (χ4n) is 3.48. The molecule has 1 amide bonds. The van der Waals surface area contributed by atoms with Crippen molar-refractivity contribution in [1.29, 1.82) is 5.26 Å². The quantitative estimate of drug-likeness (QED) is 0.707. The minimum atomic E-state index is -3.37. The van der Waals surface area contributed by atoms with Crippen LogP contribution >= 0.6 is 0 Å². The Hall–Kier alpha value is -1.17. The lowest BCUT2D eigenvalue weighted by Gasteiger charge is -2.35. The van der Waals surface area contributed by atoms with Crippen molar-refractivity contribution in [2.24, 2.45) is 5.41 Å². The second kappa shape index (κ2) is 6.98. The molecule has 2 saturated heterocycles. The SMILES string of the molecule is N#CC1(CS(=O)(=O)N2CCN(CC(=O)N3CCCCC3)CC2)CC1. The number of sulfonamides is 1. The van der Waals surface area contributed by atoms with Gasteiger partial charge in [0, 0.05) is 39.3 Å². The van der Waals surface area contributed by atoms with Gasteiger partial charge in [-0.2, -0.15) is 9.57 Å². The Kier molecular flexibility index (Phi) is 5.13. The zero-order valence-electron chi connectivity index (χ0n) is 14.1. The normalized spacial score (nSPS) is 25.2. The fraction of sp³-hybridized carbons (Fsp3) is 0.875. The van der Waals surface area contributed by atoms with E-state index >= 15 is 0 Å². The molecule has 2 heterocycles. The van der Waals surface area contributed by atoms with Gasteiger partial charge in [0.15, 0.2) is 0 Å². The first-order valence-corrected chi connectivity index (χ1v) is 10.4. The summed E-state index contributed by atoms with van der Waals surface area (Å²) >= 11 is 0. The van der Waals surface area contributed by atoms with Crippen LogP contribution in [0.3, 0.4) is 0 Å². The summed E-state index contributed by atoms with van der Waals surface area (Å²) in [7, 11) is -3.37. The molecule has 0 atom stereocenters. The van der Waals surface area contributed by atoms with Crippen molar-refractivity contribution >= 4 is 15.9 Å². The van der Waals surface area contributed by atoms with E-state index in [9.17, 15) is 13.2 Å². The number of amides is 1. The summed E-state index contributed by atoms with van der Waals surface area (Å²) in [6, 6.07) is 2.15. The summed E-state index contributed by atoms with van der Waals surface area (Å²) < 4.78 is 26.4. The van der Waals surface area contributed by atoms with Crippen molar-refractivity contribution in [3.05, 3.63) is 0 Å². The van der Waals surface area contributed by atoms with Crippen molar-refractivity contribution in [2.75, 3.05) is 51.6 Å². The number of carbonyl (C=O) groups excluding carboxylic acids is 1. The number of rotatable bonds is 5. The first kappa shape index (κ1) is 17.6. The molecule has 24 heavy (non-hydrogen) atoms. The van der Waals surface area contributed by atoms with Crippen LogP contribution < -0.4 is 0 Å². The van der Waals surface area contributed by atoms with Gasteiger partial charge in [-0.15, -0.1) is 0 Å². The molecule has 0 spiro atoms. The van der Waals surface area contributed by atoms with Crippen LogP contribution in [0.15, 0.2) is 0 Å². The molecule has 0 unspecified atom stereocenters. The highest BCUT2D eigenvalue weighted by molar-refractivity contribution is 7.89. The number of carbonyl (C=O) groups is 1. The molecule has 3 aliphatic rings. The maximum Gasteiger partial charge on any atom is 0.236 e. The third-order valence-electron chi connectivity index (χ3n) is 5.34. The van der Waals surface area contributed by atoms with E-state index in [4.69, 9.17) is 5.26 Å². The van der Waals surface area contributed by atoms with E-state index < -0.39 is 15.4 Å². The van der Waals surface area contributed by atoms with Gasteiger partial charge in [0.05, 0.1) is 23.8 Å². The fourth-order valence-corrected chi connectivity index (χ4v) is 5.43. The molecule has 7 nitrogen and oxygen atoms in total. The maximum absolute atomic E-state index is 12.5. The molecule has 0 bridgehead atoms. The Labute approximate surface area is 144 Å². The van der Waals surface area contributed by atoms with Crippen LogP contribution in [0.1, 0.15) is 32.1 Å². The van der Waals surface area contributed by atoms with Gasteiger partial charge in [0.1, 0.15) is 0 Å². The number of piperidine rings is 1. The molecule has 0 aromatic carbocycles. The molecule has 2 aliphatic heterocycles. The van der Waals surface area contributed by atoms with Crippen LogP contribution in [0.5, 0.6) is 0 Å². The van der Waals surface area contributed by atoms with Gasteiger partial charge in [-0.3, -0.25) is 9.69 Å². The van der Waals surface area contributed by atoms with Gasteiger partial charge in [0.25, 0.3) is 0 Å². The van der Waals surface area contributed by atoms with Crippen LogP contribution in [0.25, 0.3) is 0 Å². The lowest BCUT2D eigenvalue weighted by Crippen LogP contribution is -2.52. The summed E-state index contributed by atoms with van der Waals surface area (Å²) in [4.78, 5) is 16.3. The molecule has 8 heteroatoms. The van der Waals surface area contributed by atoms with Crippen molar-refractivity contribution < 1.29 is 13.2 Å². The molecule has 1 saturated carbocycles. The number of hydrogen-bond acceptors (Lipinski definition) is 5.